The molecule has 0 atom stereocenters. The van der Waals surface area contributed by atoms with Crippen LogP contribution in [0.4, 0.5) is 17.1 Å². The van der Waals surface area contributed by atoms with E-state index >= 15 is 0 Å². The second-order valence-corrected chi connectivity index (χ2v) is 7.18. The van der Waals surface area contributed by atoms with Gasteiger partial charge in [-0.25, -0.2) is 4.79 Å². The summed E-state index contributed by atoms with van der Waals surface area (Å²) in [6.45, 7) is 4.34. The molecule has 2 aromatic carbocycles. The molecule has 174 valence electrons. The fourth-order valence-electron chi connectivity index (χ4n) is 3.20. The van der Waals surface area contributed by atoms with Gasteiger partial charge in [0.15, 0.2) is 0 Å². The predicted molar refractivity (Wildman–Crippen MR) is 119 cm³/mol. The third-order valence-corrected chi connectivity index (χ3v) is 4.86. The SMILES string of the molecule is CCOC(=O)c1ccc(NC(=O)c2cc([N+](=O)[O-])ccc2NC(=O)CN2CCOCC2)cc1. The number of hydrogen-bond donors (Lipinski definition) is 2. The quantitative estimate of drug-likeness (QED) is 0.350. The number of amides is 2. The van der Waals surface area contributed by atoms with Crippen molar-refractivity contribution in [2.75, 3.05) is 50.1 Å². The third kappa shape index (κ3) is 6.57. The summed E-state index contributed by atoms with van der Waals surface area (Å²) in [5, 5.41) is 16.5. The molecule has 0 radical (unpaired) electrons. The van der Waals surface area contributed by atoms with Crippen molar-refractivity contribution in [3.8, 4) is 0 Å². The van der Waals surface area contributed by atoms with Gasteiger partial charge in [0.05, 0.1) is 48.1 Å². The highest BCUT2D eigenvalue weighted by Crippen LogP contribution is 2.24. The average molecular weight is 456 g/mol. The number of rotatable bonds is 8. The number of ether oxygens (including phenoxy) is 2. The largest absolute Gasteiger partial charge is 0.462 e. The van der Waals surface area contributed by atoms with Crippen LogP contribution in [0.2, 0.25) is 0 Å². The summed E-state index contributed by atoms with van der Waals surface area (Å²) < 4.78 is 10.2. The number of esters is 1. The van der Waals surface area contributed by atoms with Gasteiger partial charge < -0.3 is 20.1 Å². The van der Waals surface area contributed by atoms with E-state index in [9.17, 15) is 24.5 Å². The second-order valence-electron chi connectivity index (χ2n) is 7.18. The van der Waals surface area contributed by atoms with Gasteiger partial charge in [0.1, 0.15) is 0 Å². The van der Waals surface area contributed by atoms with Gasteiger partial charge in [-0.1, -0.05) is 0 Å². The van der Waals surface area contributed by atoms with Crippen LogP contribution in [0.25, 0.3) is 0 Å². The summed E-state index contributed by atoms with van der Waals surface area (Å²) in [7, 11) is 0. The molecule has 2 N–H and O–H groups in total. The molecule has 1 aliphatic rings. The number of morpholine rings is 1. The molecule has 1 saturated heterocycles. The molecule has 1 heterocycles. The molecule has 0 saturated carbocycles. The Kier molecular flexibility index (Phi) is 8.06. The Morgan fingerprint density at radius 3 is 2.42 bits per heavy atom. The minimum atomic E-state index is -0.649. The first-order valence-electron chi connectivity index (χ1n) is 10.3. The average Bonchev–Trinajstić information content (AvgIpc) is 2.80. The van der Waals surface area contributed by atoms with Crippen molar-refractivity contribution in [2.24, 2.45) is 0 Å². The van der Waals surface area contributed by atoms with Crippen molar-refractivity contribution in [1.82, 2.24) is 4.90 Å². The maximum absolute atomic E-state index is 12.9. The molecule has 1 fully saturated rings. The Morgan fingerprint density at radius 1 is 1.09 bits per heavy atom. The van der Waals surface area contributed by atoms with Crippen LogP contribution in [0.3, 0.4) is 0 Å². The number of nitrogens with zero attached hydrogens (tertiary/aromatic N) is 2. The van der Waals surface area contributed by atoms with Gasteiger partial charge >= 0.3 is 5.97 Å². The van der Waals surface area contributed by atoms with Gasteiger partial charge in [0, 0.05) is 30.9 Å². The van der Waals surface area contributed by atoms with Crippen LogP contribution in [0, 0.1) is 10.1 Å². The predicted octanol–water partition coefficient (Wildman–Crippen LogP) is 2.29. The maximum Gasteiger partial charge on any atom is 0.338 e. The molecule has 0 spiro atoms. The van der Waals surface area contributed by atoms with E-state index in [1.54, 1.807) is 6.92 Å². The molecule has 3 rings (SSSR count). The van der Waals surface area contributed by atoms with E-state index in [1.807, 2.05) is 4.90 Å². The number of benzene rings is 2. The normalized spacial score (nSPS) is 13.7. The van der Waals surface area contributed by atoms with Gasteiger partial charge in [-0.15, -0.1) is 0 Å². The number of anilines is 2. The third-order valence-electron chi connectivity index (χ3n) is 4.86. The van der Waals surface area contributed by atoms with Crippen LogP contribution in [0.15, 0.2) is 42.5 Å². The van der Waals surface area contributed by atoms with Gasteiger partial charge in [-0.3, -0.25) is 24.6 Å². The Bertz CT molecular complexity index is 1030. The van der Waals surface area contributed by atoms with Crippen molar-refractivity contribution < 1.29 is 28.8 Å². The number of nitro groups is 1. The molecule has 0 aliphatic carbocycles. The zero-order valence-electron chi connectivity index (χ0n) is 18.0. The summed E-state index contributed by atoms with van der Waals surface area (Å²) in [5.74, 6) is -1.48. The molecule has 33 heavy (non-hydrogen) atoms. The van der Waals surface area contributed by atoms with Crippen molar-refractivity contribution >= 4 is 34.8 Å². The number of hydrogen-bond acceptors (Lipinski definition) is 8. The van der Waals surface area contributed by atoms with E-state index in [-0.39, 0.29) is 36.0 Å². The summed E-state index contributed by atoms with van der Waals surface area (Å²) in [5.41, 5.74) is 0.490. The Labute approximate surface area is 189 Å². The van der Waals surface area contributed by atoms with E-state index in [4.69, 9.17) is 9.47 Å². The van der Waals surface area contributed by atoms with Crippen LogP contribution >= 0.6 is 0 Å². The fourth-order valence-corrected chi connectivity index (χ4v) is 3.20. The maximum atomic E-state index is 12.9. The summed E-state index contributed by atoms with van der Waals surface area (Å²) in [6, 6.07) is 9.66. The van der Waals surface area contributed by atoms with E-state index < -0.39 is 16.8 Å². The fraction of sp³-hybridized carbons (Fsp3) is 0.318. The van der Waals surface area contributed by atoms with E-state index in [2.05, 4.69) is 10.6 Å². The first-order valence-corrected chi connectivity index (χ1v) is 10.3. The van der Waals surface area contributed by atoms with Crippen LogP contribution in [0.1, 0.15) is 27.6 Å². The van der Waals surface area contributed by atoms with Gasteiger partial charge in [0.2, 0.25) is 5.91 Å². The molecule has 0 bridgehead atoms. The highest BCUT2D eigenvalue weighted by atomic mass is 16.6. The van der Waals surface area contributed by atoms with Gasteiger partial charge in [-0.05, 0) is 37.3 Å². The minimum absolute atomic E-state index is 0.0611. The summed E-state index contributed by atoms with van der Waals surface area (Å²) >= 11 is 0. The highest BCUT2D eigenvalue weighted by Gasteiger charge is 2.20. The molecule has 1 aliphatic heterocycles. The van der Waals surface area contributed by atoms with Crippen LogP contribution < -0.4 is 10.6 Å². The number of carbonyl (C=O) groups excluding carboxylic acids is 3. The molecule has 11 nitrogen and oxygen atoms in total. The number of nitro benzene ring substituents is 1. The molecular formula is C22H24N4O7. The number of nitrogens with one attached hydrogen (secondary N) is 2. The zero-order valence-corrected chi connectivity index (χ0v) is 18.0. The van der Waals surface area contributed by atoms with Crippen molar-refractivity contribution in [3.63, 3.8) is 0 Å². The topological polar surface area (TPSA) is 140 Å². The van der Waals surface area contributed by atoms with E-state index in [0.29, 0.717) is 37.6 Å². The number of carbonyl (C=O) groups is 3. The Balaban J connectivity index is 1.75. The zero-order chi connectivity index (χ0) is 23.8. The van der Waals surface area contributed by atoms with Crippen molar-refractivity contribution in [2.45, 2.75) is 6.92 Å². The van der Waals surface area contributed by atoms with Crippen molar-refractivity contribution in [1.29, 1.82) is 0 Å². The van der Waals surface area contributed by atoms with Crippen molar-refractivity contribution in [3.05, 3.63) is 63.7 Å². The molecule has 11 heteroatoms. The molecular weight excluding hydrogens is 432 g/mol. The Hall–Kier alpha value is -3.83. The molecule has 2 amide bonds. The van der Waals surface area contributed by atoms with Crippen LogP contribution in [0.5, 0.6) is 0 Å². The van der Waals surface area contributed by atoms with E-state index in [0.717, 1.165) is 6.07 Å². The smallest absolute Gasteiger partial charge is 0.338 e. The molecule has 0 unspecified atom stereocenters. The highest BCUT2D eigenvalue weighted by molar-refractivity contribution is 6.10. The summed E-state index contributed by atoms with van der Waals surface area (Å²) in [6.07, 6.45) is 0. The Morgan fingerprint density at radius 2 is 1.79 bits per heavy atom. The lowest BCUT2D eigenvalue weighted by Gasteiger charge is -2.25. The first-order chi connectivity index (χ1) is 15.9. The lowest BCUT2D eigenvalue weighted by molar-refractivity contribution is -0.384. The molecule has 2 aromatic rings. The van der Waals surface area contributed by atoms with Gasteiger partial charge in [0.25, 0.3) is 11.6 Å². The molecule has 0 aromatic heterocycles. The minimum Gasteiger partial charge on any atom is -0.462 e. The number of non-ortho nitro benzene ring substituents is 1. The van der Waals surface area contributed by atoms with Crippen LogP contribution in [-0.4, -0.2) is 67.1 Å². The van der Waals surface area contributed by atoms with Gasteiger partial charge in [-0.2, -0.15) is 0 Å². The second kappa shape index (κ2) is 11.2. The lowest BCUT2D eigenvalue weighted by atomic mass is 10.1. The summed E-state index contributed by atoms with van der Waals surface area (Å²) in [4.78, 5) is 49.7. The van der Waals surface area contributed by atoms with E-state index in [1.165, 1.54) is 36.4 Å². The lowest BCUT2D eigenvalue weighted by Crippen LogP contribution is -2.41. The van der Waals surface area contributed by atoms with Crippen LogP contribution in [-0.2, 0) is 14.3 Å². The monoisotopic (exact) mass is 456 g/mol. The standard InChI is InChI=1S/C22H24N4O7/c1-2-33-22(29)15-3-5-16(6-4-15)23-21(28)18-13-17(26(30)31)7-8-19(18)24-20(27)14-25-9-11-32-12-10-25/h3-8,13H,2,9-12,14H2,1H3,(H,23,28)(H,24,27). The first kappa shape index (κ1) is 23.8.